The van der Waals surface area contributed by atoms with Crippen molar-refractivity contribution in [2.75, 3.05) is 20.6 Å². The lowest BCUT2D eigenvalue weighted by Crippen LogP contribution is -2.37. The van der Waals surface area contributed by atoms with Gasteiger partial charge in [0.2, 0.25) is 0 Å². The van der Waals surface area contributed by atoms with Crippen molar-refractivity contribution in [2.24, 2.45) is 11.8 Å². The summed E-state index contributed by atoms with van der Waals surface area (Å²) in [5.74, 6) is 2.22. The van der Waals surface area contributed by atoms with E-state index in [0.29, 0.717) is 11.8 Å². The fourth-order valence-corrected chi connectivity index (χ4v) is 4.43. The topological polar surface area (TPSA) is 42.5 Å². The van der Waals surface area contributed by atoms with Gasteiger partial charge in [-0.25, -0.2) is 0 Å². The molecule has 4 heteroatoms. The first-order valence-corrected chi connectivity index (χ1v) is 12.3. The number of benzene rings is 1. The van der Waals surface area contributed by atoms with Gasteiger partial charge in [0.05, 0.1) is 18.3 Å². The zero-order valence-electron chi connectivity index (χ0n) is 21.0. The monoisotopic (exact) mass is 430 g/mol. The fraction of sp³-hybridized carbons (Fsp3) is 0.704. The third kappa shape index (κ3) is 7.93. The van der Waals surface area contributed by atoms with E-state index in [1.165, 1.54) is 17.5 Å². The number of hydrogen-bond acceptors (Lipinski definition) is 4. The number of nitrogens with one attached hydrogen (secondary N) is 2. The van der Waals surface area contributed by atoms with Crippen LogP contribution in [0.2, 0.25) is 0 Å². The highest BCUT2D eigenvalue weighted by Gasteiger charge is 2.29. The molecule has 1 aromatic rings. The first kappa shape index (κ1) is 25.9. The van der Waals surface area contributed by atoms with Gasteiger partial charge in [0, 0.05) is 24.6 Å². The highest BCUT2D eigenvalue weighted by Crippen LogP contribution is 2.33. The lowest BCUT2D eigenvalue weighted by atomic mass is 9.80. The summed E-state index contributed by atoms with van der Waals surface area (Å²) in [5, 5.41) is 6.63. The summed E-state index contributed by atoms with van der Waals surface area (Å²) in [4.78, 5) is 0. The zero-order chi connectivity index (χ0) is 22.8. The molecular formula is C27H46N2O2. The van der Waals surface area contributed by atoms with Crippen molar-refractivity contribution in [3.63, 3.8) is 0 Å². The van der Waals surface area contributed by atoms with Crippen LogP contribution in [0.15, 0.2) is 29.8 Å². The van der Waals surface area contributed by atoms with Crippen molar-refractivity contribution < 1.29 is 9.47 Å². The second-order valence-corrected chi connectivity index (χ2v) is 9.34. The Morgan fingerprint density at radius 2 is 1.81 bits per heavy atom. The lowest BCUT2D eigenvalue weighted by Gasteiger charge is -2.35. The molecule has 0 aliphatic heterocycles. The van der Waals surface area contributed by atoms with E-state index in [-0.39, 0.29) is 18.3 Å². The Labute approximate surface area is 191 Å². The van der Waals surface area contributed by atoms with E-state index < -0.39 is 0 Å². The number of allylic oxidation sites excluding steroid dienone is 1. The standard InChI is InChI=1S/C27H46N2O2/c1-8-19(3)23-12-13-26(25(16-23)18-29-7)31-21(5)14-22-10-11-24(17-28-6)27(15-22)30-20(4)9-2/h10-12,15,19-21,25-26,28-29H,8-9,13-14,16-18H2,1-7H3. The molecule has 2 rings (SSSR count). The Morgan fingerprint density at radius 1 is 1.03 bits per heavy atom. The number of rotatable bonds is 13. The predicted molar refractivity (Wildman–Crippen MR) is 132 cm³/mol. The first-order chi connectivity index (χ1) is 14.9. The van der Waals surface area contributed by atoms with Crippen molar-refractivity contribution in [3.05, 3.63) is 41.0 Å². The number of hydrogen-bond donors (Lipinski definition) is 2. The van der Waals surface area contributed by atoms with Gasteiger partial charge in [-0.2, -0.15) is 0 Å². The highest BCUT2D eigenvalue weighted by atomic mass is 16.5. The summed E-state index contributed by atoms with van der Waals surface area (Å²) in [5.41, 5.74) is 4.11. The third-order valence-corrected chi connectivity index (χ3v) is 6.68. The first-order valence-electron chi connectivity index (χ1n) is 12.3. The van der Waals surface area contributed by atoms with Crippen LogP contribution in [-0.4, -0.2) is 39.0 Å². The van der Waals surface area contributed by atoms with Crippen LogP contribution in [0.25, 0.3) is 0 Å². The van der Waals surface area contributed by atoms with E-state index in [2.05, 4.69) is 69.5 Å². The van der Waals surface area contributed by atoms with E-state index in [1.54, 1.807) is 5.57 Å². The fourth-order valence-electron chi connectivity index (χ4n) is 4.43. The SMILES string of the molecule is CCC(C)Oc1cc(CC(C)OC2CC=C(C(C)CC)CC2CNC)ccc1CNC. The maximum absolute atomic E-state index is 6.60. The molecule has 0 bridgehead atoms. The molecule has 0 fully saturated rings. The normalized spacial score (nSPS) is 22.0. The van der Waals surface area contributed by atoms with Crippen molar-refractivity contribution in [1.82, 2.24) is 10.6 Å². The van der Waals surface area contributed by atoms with Crippen LogP contribution >= 0.6 is 0 Å². The van der Waals surface area contributed by atoms with Gasteiger partial charge in [0.15, 0.2) is 0 Å². The molecule has 1 aromatic carbocycles. The molecule has 0 amide bonds. The van der Waals surface area contributed by atoms with Crippen LogP contribution in [0.1, 0.15) is 71.4 Å². The Kier molecular flexibility index (Phi) is 11.1. The molecule has 2 N–H and O–H groups in total. The third-order valence-electron chi connectivity index (χ3n) is 6.68. The van der Waals surface area contributed by atoms with Gasteiger partial charge >= 0.3 is 0 Å². The van der Waals surface area contributed by atoms with Gasteiger partial charge in [0.1, 0.15) is 5.75 Å². The molecule has 1 aliphatic carbocycles. The number of ether oxygens (including phenoxy) is 2. The molecule has 0 saturated carbocycles. The summed E-state index contributed by atoms with van der Waals surface area (Å²) in [7, 11) is 4.02. The van der Waals surface area contributed by atoms with Gasteiger partial charge in [-0.05, 0) is 77.6 Å². The van der Waals surface area contributed by atoms with Gasteiger partial charge in [-0.1, -0.05) is 44.6 Å². The summed E-state index contributed by atoms with van der Waals surface area (Å²) < 4.78 is 12.8. The van der Waals surface area contributed by atoms with E-state index >= 15 is 0 Å². The second kappa shape index (κ2) is 13.2. The Hall–Kier alpha value is -1.36. The molecule has 0 radical (unpaired) electrons. The summed E-state index contributed by atoms with van der Waals surface area (Å²) in [6, 6.07) is 6.64. The lowest BCUT2D eigenvalue weighted by molar-refractivity contribution is -0.0356. The van der Waals surface area contributed by atoms with Crippen LogP contribution < -0.4 is 15.4 Å². The summed E-state index contributed by atoms with van der Waals surface area (Å²) in [6.45, 7) is 13.0. The maximum atomic E-state index is 6.60. The van der Waals surface area contributed by atoms with Crippen LogP contribution in [0.3, 0.4) is 0 Å². The second-order valence-electron chi connectivity index (χ2n) is 9.34. The molecule has 0 spiro atoms. The predicted octanol–water partition coefficient (Wildman–Crippen LogP) is 5.50. The Morgan fingerprint density at radius 3 is 2.45 bits per heavy atom. The van der Waals surface area contributed by atoms with E-state index in [9.17, 15) is 0 Å². The van der Waals surface area contributed by atoms with Gasteiger partial charge in [-0.3, -0.25) is 0 Å². The van der Waals surface area contributed by atoms with Crippen LogP contribution in [0.4, 0.5) is 0 Å². The largest absolute Gasteiger partial charge is 0.490 e. The molecule has 0 aromatic heterocycles. The Balaban J connectivity index is 2.05. The smallest absolute Gasteiger partial charge is 0.124 e. The summed E-state index contributed by atoms with van der Waals surface area (Å²) >= 11 is 0. The molecule has 5 unspecified atom stereocenters. The zero-order valence-corrected chi connectivity index (χ0v) is 21.0. The van der Waals surface area contributed by atoms with E-state index in [0.717, 1.165) is 44.5 Å². The average Bonchev–Trinajstić information content (AvgIpc) is 2.76. The maximum Gasteiger partial charge on any atom is 0.124 e. The Bertz CT molecular complexity index is 688. The average molecular weight is 431 g/mol. The van der Waals surface area contributed by atoms with Crippen molar-refractivity contribution in [1.29, 1.82) is 0 Å². The minimum atomic E-state index is 0.175. The van der Waals surface area contributed by atoms with Crippen molar-refractivity contribution in [3.8, 4) is 5.75 Å². The molecule has 0 heterocycles. The van der Waals surface area contributed by atoms with Crippen molar-refractivity contribution >= 4 is 0 Å². The van der Waals surface area contributed by atoms with Gasteiger partial charge in [-0.15, -0.1) is 0 Å². The molecule has 4 nitrogen and oxygen atoms in total. The summed E-state index contributed by atoms with van der Waals surface area (Å²) in [6.07, 6.45) is 8.43. The molecule has 1 aliphatic rings. The van der Waals surface area contributed by atoms with Crippen LogP contribution in [0.5, 0.6) is 5.75 Å². The minimum Gasteiger partial charge on any atom is -0.490 e. The van der Waals surface area contributed by atoms with Crippen LogP contribution in [0, 0.1) is 11.8 Å². The highest BCUT2D eigenvalue weighted by molar-refractivity contribution is 5.38. The molecule has 176 valence electrons. The van der Waals surface area contributed by atoms with Gasteiger partial charge in [0.25, 0.3) is 0 Å². The van der Waals surface area contributed by atoms with E-state index in [1.807, 2.05) is 14.1 Å². The molecule has 0 saturated heterocycles. The molecular weight excluding hydrogens is 384 g/mol. The molecule has 5 atom stereocenters. The van der Waals surface area contributed by atoms with Crippen molar-refractivity contribution in [2.45, 2.75) is 91.6 Å². The molecule has 31 heavy (non-hydrogen) atoms. The van der Waals surface area contributed by atoms with Gasteiger partial charge < -0.3 is 20.1 Å². The minimum absolute atomic E-state index is 0.175. The van der Waals surface area contributed by atoms with E-state index in [4.69, 9.17) is 9.47 Å². The van der Waals surface area contributed by atoms with Crippen LogP contribution in [-0.2, 0) is 17.7 Å². The quantitative estimate of drug-likeness (QED) is 0.405.